The number of ether oxygens (including phenoxy) is 1. The maximum atomic E-state index is 10.9. The molecule has 0 saturated heterocycles. The van der Waals surface area contributed by atoms with Gasteiger partial charge in [-0.15, -0.1) is 0 Å². The summed E-state index contributed by atoms with van der Waals surface area (Å²) in [4.78, 5) is 10.9. The first-order valence-electron chi connectivity index (χ1n) is 6.31. The normalized spacial score (nSPS) is 20.3. The number of carboxylic acids is 1. The summed E-state index contributed by atoms with van der Waals surface area (Å²) in [6, 6.07) is 4.13. The summed E-state index contributed by atoms with van der Waals surface area (Å²) in [5.41, 5.74) is 5.08. The molecule has 0 aliphatic heterocycles. The molecule has 0 aromatic heterocycles. The van der Waals surface area contributed by atoms with E-state index >= 15 is 0 Å². The van der Waals surface area contributed by atoms with Crippen molar-refractivity contribution in [2.75, 3.05) is 7.11 Å². The number of aliphatic carboxylic acids is 1. The molecule has 3 heteroatoms. The van der Waals surface area contributed by atoms with E-state index in [9.17, 15) is 4.79 Å². The molecular weight excluding hydrogens is 228 g/mol. The molecule has 0 bridgehead atoms. The Morgan fingerprint density at radius 3 is 3.06 bits per heavy atom. The standard InChI is InChI=1S/C15H16O3/c1-18-13-7-4-9-2-5-11-10(8-14(16)17)3-6-12(13)15(9)11/h4-5,7,10H,2-3,6,8H2,1H3,(H,16,17). The molecule has 0 spiro atoms. The van der Waals surface area contributed by atoms with E-state index in [0.717, 1.165) is 25.0 Å². The predicted molar refractivity (Wildman–Crippen MR) is 68.7 cm³/mol. The third-order valence-electron chi connectivity index (χ3n) is 4.01. The van der Waals surface area contributed by atoms with Gasteiger partial charge in [-0.05, 0) is 47.9 Å². The zero-order valence-corrected chi connectivity index (χ0v) is 10.4. The average molecular weight is 244 g/mol. The van der Waals surface area contributed by atoms with Crippen molar-refractivity contribution in [2.24, 2.45) is 5.92 Å². The molecule has 3 nitrogen and oxygen atoms in total. The molecule has 0 radical (unpaired) electrons. The number of hydrogen-bond acceptors (Lipinski definition) is 2. The number of hydrogen-bond donors (Lipinski definition) is 1. The molecule has 0 saturated carbocycles. The second-order valence-corrected chi connectivity index (χ2v) is 4.98. The van der Waals surface area contributed by atoms with Crippen LogP contribution in [0, 0.1) is 5.92 Å². The summed E-state index contributed by atoms with van der Waals surface area (Å²) in [6.07, 6.45) is 5.19. The van der Waals surface area contributed by atoms with E-state index in [0.29, 0.717) is 0 Å². The topological polar surface area (TPSA) is 46.5 Å². The maximum Gasteiger partial charge on any atom is 0.303 e. The smallest absolute Gasteiger partial charge is 0.303 e. The van der Waals surface area contributed by atoms with Crippen LogP contribution >= 0.6 is 0 Å². The van der Waals surface area contributed by atoms with E-state index in [1.807, 2.05) is 6.07 Å². The van der Waals surface area contributed by atoms with Crippen LogP contribution in [0.1, 0.15) is 29.5 Å². The van der Waals surface area contributed by atoms with E-state index in [2.05, 4.69) is 12.1 Å². The molecule has 0 amide bonds. The summed E-state index contributed by atoms with van der Waals surface area (Å²) >= 11 is 0. The number of carbonyl (C=O) groups is 1. The van der Waals surface area contributed by atoms with Gasteiger partial charge < -0.3 is 9.84 Å². The summed E-state index contributed by atoms with van der Waals surface area (Å²) in [5, 5.41) is 8.99. The first-order valence-corrected chi connectivity index (χ1v) is 6.31. The van der Waals surface area contributed by atoms with Crippen LogP contribution in [-0.4, -0.2) is 18.2 Å². The van der Waals surface area contributed by atoms with Crippen molar-refractivity contribution < 1.29 is 14.6 Å². The van der Waals surface area contributed by atoms with E-state index in [4.69, 9.17) is 9.84 Å². The van der Waals surface area contributed by atoms with Gasteiger partial charge in [-0.3, -0.25) is 4.79 Å². The van der Waals surface area contributed by atoms with Crippen molar-refractivity contribution in [1.29, 1.82) is 0 Å². The van der Waals surface area contributed by atoms with Crippen molar-refractivity contribution in [1.82, 2.24) is 0 Å². The molecule has 1 aromatic rings. The lowest BCUT2D eigenvalue weighted by Crippen LogP contribution is -2.16. The monoisotopic (exact) mass is 244 g/mol. The Labute approximate surface area is 106 Å². The fraction of sp³-hybridized carbons (Fsp3) is 0.400. The Kier molecular flexibility index (Phi) is 2.62. The van der Waals surface area contributed by atoms with Crippen molar-refractivity contribution >= 4 is 11.5 Å². The lowest BCUT2D eigenvalue weighted by Gasteiger charge is -2.27. The fourth-order valence-corrected chi connectivity index (χ4v) is 3.24. The highest BCUT2D eigenvalue weighted by atomic mass is 16.5. The van der Waals surface area contributed by atoms with E-state index < -0.39 is 5.97 Å². The molecule has 1 N–H and O–H groups in total. The van der Waals surface area contributed by atoms with Crippen LogP contribution in [-0.2, 0) is 17.6 Å². The number of methoxy groups -OCH3 is 1. The summed E-state index contributed by atoms with van der Waals surface area (Å²) < 4.78 is 5.42. The summed E-state index contributed by atoms with van der Waals surface area (Å²) in [5.74, 6) is 0.402. The Morgan fingerprint density at radius 1 is 1.50 bits per heavy atom. The molecular formula is C15H16O3. The van der Waals surface area contributed by atoms with Crippen LogP contribution < -0.4 is 4.74 Å². The summed E-state index contributed by atoms with van der Waals surface area (Å²) in [7, 11) is 1.69. The van der Waals surface area contributed by atoms with Crippen LogP contribution in [0.25, 0.3) is 5.57 Å². The van der Waals surface area contributed by atoms with Gasteiger partial charge in [0.15, 0.2) is 0 Å². The molecule has 1 unspecified atom stereocenters. The Bertz CT molecular complexity index is 543. The van der Waals surface area contributed by atoms with Gasteiger partial charge in [0.05, 0.1) is 13.5 Å². The molecule has 3 rings (SSSR count). The SMILES string of the molecule is COc1ccc2c3c1CCC(CC(=O)O)C3=CC2. The van der Waals surface area contributed by atoms with Gasteiger partial charge in [0.2, 0.25) is 0 Å². The maximum absolute atomic E-state index is 10.9. The van der Waals surface area contributed by atoms with Gasteiger partial charge in [-0.1, -0.05) is 12.1 Å². The van der Waals surface area contributed by atoms with Gasteiger partial charge in [0.1, 0.15) is 5.75 Å². The molecule has 0 heterocycles. The number of benzene rings is 1. The van der Waals surface area contributed by atoms with Crippen molar-refractivity contribution in [3.05, 3.63) is 34.9 Å². The number of allylic oxidation sites excluding steroid dienone is 2. The van der Waals surface area contributed by atoms with Gasteiger partial charge in [0, 0.05) is 5.56 Å². The summed E-state index contributed by atoms with van der Waals surface area (Å²) in [6.45, 7) is 0. The van der Waals surface area contributed by atoms with Crippen LogP contribution in [0.2, 0.25) is 0 Å². The van der Waals surface area contributed by atoms with Crippen molar-refractivity contribution in [2.45, 2.75) is 25.7 Å². The molecule has 18 heavy (non-hydrogen) atoms. The van der Waals surface area contributed by atoms with Gasteiger partial charge in [-0.2, -0.15) is 0 Å². The average Bonchev–Trinajstić information content (AvgIpc) is 2.78. The van der Waals surface area contributed by atoms with E-state index in [1.165, 1.54) is 22.3 Å². The Hall–Kier alpha value is -1.77. The highest BCUT2D eigenvalue weighted by Crippen LogP contribution is 2.46. The van der Waals surface area contributed by atoms with E-state index in [-0.39, 0.29) is 12.3 Å². The lowest BCUT2D eigenvalue weighted by molar-refractivity contribution is -0.137. The second-order valence-electron chi connectivity index (χ2n) is 4.98. The molecule has 1 atom stereocenters. The van der Waals surface area contributed by atoms with Crippen LogP contribution in [0.4, 0.5) is 0 Å². The van der Waals surface area contributed by atoms with E-state index in [1.54, 1.807) is 7.11 Å². The number of carboxylic acid groups (broad SMARTS) is 1. The first-order chi connectivity index (χ1) is 8.70. The quantitative estimate of drug-likeness (QED) is 0.889. The minimum atomic E-state index is -0.708. The van der Waals surface area contributed by atoms with Crippen LogP contribution in [0.3, 0.4) is 0 Å². The lowest BCUT2D eigenvalue weighted by atomic mass is 9.78. The van der Waals surface area contributed by atoms with Crippen molar-refractivity contribution in [3.8, 4) is 5.75 Å². The molecule has 0 fully saturated rings. The van der Waals surface area contributed by atoms with Gasteiger partial charge >= 0.3 is 5.97 Å². The van der Waals surface area contributed by atoms with Crippen molar-refractivity contribution in [3.63, 3.8) is 0 Å². The third kappa shape index (κ3) is 1.62. The highest BCUT2D eigenvalue weighted by molar-refractivity contribution is 5.82. The molecule has 1 aromatic carbocycles. The Morgan fingerprint density at radius 2 is 2.33 bits per heavy atom. The molecule has 2 aliphatic rings. The van der Waals surface area contributed by atoms with Crippen LogP contribution in [0.15, 0.2) is 18.2 Å². The largest absolute Gasteiger partial charge is 0.496 e. The van der Waals surface area contributed by atoms with Crippen LogP contribution in [0.5, 0.6) is 5.75 Å². The number of rotatable bonds is 3. The van der Waals surface area contributed by atoms with Gasteiger partial charge in [0.25, 0.3) is 0 Å². The first kappa shape index (κ1) is 11.3. The fourth-order valence-electron chi connectivity index (χ4n) is 3.24. The minimum absolute atomic E-state index is 0.170. The third-order valence-corrected chi connectivity index (χ3v) is 4.01. The van der Waals surface area contributed by atoms with Gasteiger partial charge in [-0.25, -0.2) is 0 Å². The minimum Gasteiger partial charge on any atom is -0.496 e. The molecule has 2 aliphatic carbocycles. The molecule has 94 valence electrons. The zero-order chi connectivity index (χ0) is 12.7. The Balaban J connectivity index is 2.05. The zero-order valence-electron chi connectivity index (χ0n) is 10.4. The highest BCUT2D eigenvalue weighted by Gasteiger charge is 2.31. The predicted octanol–water partition coefficient (Wildman–Crippen LogP) is 2.67. The second kappa shape index (κ2) is 4.16.